The third-order valence-electron chi connectivity index (χ3n) is 3.35. The van der Waals surface area contributed by atoms with Crippen LogP contribution in [0.5, 0.6) is 0 Å². The summed E-state index contributed by atoms with van der Waals surface area (Å²) in [5.41, 5.74) is 0. The molecular weight excluding hydrogens is 423 g/mol. The minimum Gasteiger partial charge on any atom is -0.384 e. The van der Waals surface area contributed by atoms with Gasteiger partial charge >= 0.3 is 35.8 Å². The van der Waals surface area contributed by atoms with Crippen LogP contribution in [-0.4, -0.2) is 63.2 Å². The molecule has 0 N–H and O–H groups in total. The van der Waals surface area contributed by atoms with Gasteiger partial charge in [0, 0.05) is 26.6 Å². The van der Waals surface area contributed by atoms with Crippen molar-refractivity contribution in [1.82, 2.24) is 0 Å². The molecule has 0 aliphatic carbocycles. The highest BCUT2D eigenvalue weighted by Gasteiger charge is 2.90. The van der Waals surface area contributed by atoms with Crippen LogP contribution in [0.2, 0.25) is 0 Å². The van der Waals surface area contributed by atoms with E-state index in [1.54, 1.807) is 0 Å². The fourth-order valence-electron chi connectivity index (χ4n) is 1.93. The Morgan fingerprint density at radius 3 is 1.19 bits per heavy atom. The van der Waals surface area contributed by atoms with Gasteiger partial charge in [-0.2, -0.15) is 57.1 Å². The molecule has 0 radical (unpaired) electrons. The predicted octanol–water partition coefficient (Wildman–Crippen LogP) is 5.02. The molecule has 0 aromatic rings. The molecule has 0 saturated heterocycles. The molecule has 0 atom stereocenters. The highest BCUT2D eigenvalue weighted by molar-refractivity contribution is 5.10. The van der Waals surface area contributed by atoms with Crippen LogP contribution in [0.15, 0.2) is 0 Å². The maximum atomic E-state index is 13.6. The Morgan fingerprint density at radius 1 is 0.556 bits per heavy atom. The van der Waals surface area contributed by atoms with E-state index < -0.39 is 61.3 Å². The second-order valence-corrected chi connectivity index (χ2v) is 5.48. The second-order valence-electron chi connectivity index (χ2n) is 5.48. The van der Waals surface area contributed by atoms with Gasteiger partial charge in [-0.25, -0.2) is 0 Å². The Balaban J connectivity index is 6.06. The van der Waals surface area contributed by atoms with Crippen LogP contribution in [0.25, 0.3) is 0 Å². The zero-order valence-corrected chi connectivity index (χ0v) is 13.4. The van der Waals surface area contributed by atoms with Crippen molar-refractivity contribution in [1.29, 1.82) is 0 Å². The lowest BCUT2D eigenvalue weighted by molar-refractivity contribution is -0.440. The SMILES string of the molecule is COCC(COC)CC(F)(F)C(F)(F)C(F)(F)C(F)(F)C(F)(F)C(F)(F)F. The van der Waals surface area contributed by atoms with Gasteiger partial charge in [-0.15, -0.1) is 0 Å². The quantitative estimate of drug-likeness (QED) is 0.448. The Hall–Kier alpha value is -0.990. The first-order valence-corrected chi connectivity index (χ1v) is 6.68. The van der Waals surface area contributed by atoms with Gasteiger partial charge in [-0.1, -0.05) is 0 Å². The lowest BCUT2D eigenvalue weighted by atomic mass is 9.89. The summed E-state index contributed by atoms with van der Waals surface area (Å²) >= 11 is 0. The molecule has 0 aromatic heterocycles. The molecular formula is C12H13F13O2. The summed E-state index contributed by atoms with van der Waals surface area (Å²) in [5, 5.41) is 0. The normalized spacial score (nSPS) is 15.6. The average molecular weight is 436 g/mol. The van der Waals surface area contributed by atoms with Crippen molar-refractivity contribution in [3.63, 3.8) is 0 Å². The van der Waals surface area contributed by atoms with Crippen molar-refractivity contribution in [2.24, 2.45) is 5.92 Å². The van der Waals surface area contributed by atoms with Crippen molar-refractivity contribution in [3.8, 4) is 0 Å². The number of hydrogen-bond acceptors (Lipinski definition) is 2. The summed E-state index contributed by atoms with van der Waals surface area (Å²) in [6, 6.07) is 0. The number of methoxy groups -OCH3 is 2. The summed E-state index contributed by atoms with van der Waals surface area (Å²) in [4.78, 5) is 0. The first-order chi connectivity index (χ1) is 11.7. The number of alkyl halides is 13. The third-order valence-corrected chi connectivity index (χ3v) is 3.35. The van der Waals surface area contributed by atoms with E-state index >= 15 is 0 Å². The lowest BCUT2D eigenvalue weighted by Gasteiger charge is -2.40. The summed E-state index contributed by atoms with van der Waals surface area (Å²) in [5.74, 6) is -38.6. The van der Waals surface area contributed by atoms with E-state index in [0.717, 1.165) is 14.2 Å². The third kappa shape index (κ3) is 4.38. The molecule has 0 unspecified atom stereocenters. The second kappa shape index (κ2) is 7.79. The van der Waals surface area contributed by atoms with Gasteiger partial charge in [0.05, 0.1) is 13.2 Å². The van der Waals surface area contributed by atoms with Crippen molar-refractivity contribution in [3.05, 3.63) is 0 Å². The Kier molecular flexibility index (Phi) is 7.51. The van der Waals surface area contributed by atoms with Crippen LogP contribution in [0.1, 0.15) is 6.42 Å². The zero-order chi connectivity index (χ0) is 22.1. The van der Waals surface area contributed by atoms with Gasteiger partial charge < -0.3 is 9.47 Å². The van der Waals surface area contributed by atoms with Crippen LogP contribution < -0.4 is 0 Å². The molecule has 0 aliphatic rings. The van der Waals surface area contributed by atoms with Crippen molar-refractivity contribution in [2.45, 2.75) is 42.2 Å². The topological polar surface area (TPSA) is 18.5 Å². The van der Waals surface area contributed by atoms with E-state index in [-0.39, 0.29) is 0 Å². The van der Waals surface area contributed by atoms with Gasteiger partial charge in [-0.3, -0.25) is 0 Å². The largest absolute Gasteiger partial charge is 0.460 e. The summed E-state index contributed by atoms with van der Waals surface area (Å²) in [6.45, 7) is -1.64. The molecule has 15 heteroatoms. The average Bonchev–Trinajstić information content (AvgIpc) is 2.45. The summed E-state index contributed by atoms with van der Waals surface area (Å²) in [6.07, 6.45) is -9.75. The Labute approximate surface area is 143 Å². The van der Waals surface area contributed by atoms with Gasteiger partial charge in [0.25, 0.3) is 0 Å². The zero-order valence-electron chi connectivity index (χ0n) is 13.4. The van der Waals surface area contributed by atoms with E-state index in [1.807, 2.05) is 0 Å². The van der Waals surface area contributed by atoms with Gasteiger partial charge in [0.2, 0.25) is 0 Å². The van der Waals surface area contributed by atoms with E-state index in [0.29, 0.717) is 0 Å². The van der Waals surface area contributed by atoms with Gasteiger partial charge in [0.1, 0.15) is 0 Å². The number of hydrogen-bond donors (Lipinski definition) is 0. The number of rotatable bonds is 10. The molecule has 0 spiro atoms. The van der Waals surface area contributed by atoms with Crippen molar-refractivity contribution < 1.29 is 66.5 Å². The van der Waals surface area contributed by atoms with E-state index in [2.05, 4.69) is 9.47 Å². The van der Waals surface area contributed by atoms with Crippen LogP contribution in [-0.2, 0) is 9.47 Å². The molecule has 0 rings (SSSR count). The molecule has 164 valence electrons. The number of halogens is 13. The first kappa shape index (κ1) is 26.0. The predicted molar refractivity (Wildman–Crippen MR) is 62.6 cm³/mol. The molecule has 0 amide bonds. The van der Waals surface area contributed by atoms with Gasteiger partial charge in [-0.05, 0) is 0 Å². The molecule has 0 bridgehead atoms. The smallest absolute Gasteiger partial charge is 0.384 e. The van der Waals surface area contributed by atoms with Crippen LogP contribution in [0.4, 0.5) is 57.1 Å². The Morgan fingerprint density at radius 2 is 0.889 bits per heavy atom. The first-order valence-electron chi connectivity index (χ1n) is 6.68. The standard InChI is InChI=1S/C12H13F13O2/c1-26-4-6(5-27-2)3-7(13,14)8(15,16)9(17,18)10(19,20)11(21,22)12(23,24)25/h6H,3-5H2,1-2H3. The highest BCUT2D eigenvalue weighted by Crippen LogP contribution is 2.60. The maximum Gasteiger partial charge on any atom is 0.460 e. The lowest BCUT2D eigenvalue weighted by Crippen LogP contribution is -2.70. The van der Waals surface area contributed by atoms with Crippen LogP contribution in [0, 0.1) is 5.92 Å². The molecule has 27 heavy (non-hydrogen) atoms. The molecule has 0 heterocycles. The van der Waals surface area contributed by atoms with Crippen LogP contribution in [0.3, 0.4) is 0 Å². The van der Waals surface area contributed by atoms with Crippen LogP contribution >= 0.6 is 0 Å². The highest BCUT2D eigenvalue weighted by atomic mass is 19.4. The Bertz CT molecular complexity index is 480. The molecule has 0 aliphatic heterocycles. The molecule has 0 fully saturated rings. The maximum absolute atomic E-state index is 13.6. The van der Waals surface area contributed by atoms with E-state index in [9.17, 15) is 57.1 Å². The molecule has 0 aromatic carbocycles. The fourth-order valence-corrected chi connectivity index (χ4v) is 1.93. The molecule has 2 nitrogen and oxygen atoms in total. The van der Waals surface area contributed by atoms with Crippen molar-refractivity contribution >= 4 is 0 Å². The minimum atomic E-state index is -7.89. The number of ether oxygens (including phenoxy) is 2. The molecule has 0 saturated carbocycles. The summed E-state index contributed by atoms with van der Waals surface area (Å²) < 4.78 is 177. The minimum absolute atomic E-state index is 0.819. The van der Waals surface area contributed by atoms with E-state index in [4.69, 9.17) is 0 Å². The summed E-state index contributed by atoms with van der Waals surface area (Å²) in [7, 11) is 1.73. The van der Waals surface area contributed by atoms with Gasteiger partial charge in [0.15, 0.2) is 0 Å². The fraction of sp³-hybridized carbons (Fsp3) is 1.00. The van der Waals surface area contributed by atoms with E-state index in [1.165, 1.54) is 0 Å². The van der Waals surface area contributed by atoms with Crippen molar-refractivity contribution in [2.75, 3.05) is 27.4 Å². The monoisotopic (exact) mass is 436 g/mol.